The number of thiazole rings is 1. The van der Waals surface area contributed by atoms with Crippen molar-refractivity contribution in [2.45, 2.75) is 26.2 Å². The largest absolute Gasteiger partial charge is 0.287 e. The summed E-state index contributed by atoms with van der Waals surface area (Å²) in [4.78, 5) is 16.0. The van der Waals surface area contributed by atoms with Crippen molar-refractivity contribution in [2.24, 2.45) is 0 Å². The van der Waals surface area contributed by atoms with Gasteiger partial charge in [0.25, 0.3) is 0 Å². The summed E-state index contributed by atoms with van der Waals surface area (Å²) in [5.74, 6) is -0.00768. The van der Waals surface area contributed by atoms with E-state index in [0.29, 0.717) is 11.3 Å². The van der Waals surface area contributed by atoms with Gasteiger partial charge >= 0.3 is 0 Å². The van der Waals surface area contributed by atoms with Crippen LogP contribution in [0.25, 0.3) is 0 Å². The van der Waals surface area contributed by atoms with Crippen LogP contribution in [-0.4, -0.2) is 10.8 Å². The number of carbonyl (C=O) groups excluding carboxylic acids is 1. The summed E-state index contributed by atoms with van der Waals surface area (Å²) in [6.45, 7) is 6.47. The Hall–Kier alpha value is -1.48. The van der Waals surface area contributed by atoms with Gasteiger partial charge in [-0.05, 0) is 11.0 Å². The Labute approximate surface area is 105 Å². The van der Waals surface area contributed by atoms with Crippen molar-refractivity contribution in [3.05, 3.63) is 52.0 Å². The molecule has 1 heterocycles. The molecule has 0 atom stereocenters. The van der Waals surface area contributed by atoms with E-state index in [0.717, 1.165) is 0 Å². The lowest BCUT2D eigenvalue weighted by molar-refractivity contribution is 0.103. The molecule has 0 spiro atoms. The van der Waals surface area contributed by atoms with Crippen LogP contribution in [0.2, 0.25) is 0 Å². The molecular weight excluding hydrogens is 230 g/mol. The lowest BCUT2D eigenvalue weighted by atomic mass is 9.86. The third-order valence-corrected chi connectivity index (χ3v) is 3.26. The molecule has 3 heteroatoms. The number of carbonyl (C=O) groups is 1. The Kier molecular flexibility index (Phi) is 3.11. The van der Waals surface area contributed by atoms with Crippen molar-refractivity contribution in [2.75, 3.05) is 0 Å². The molecule has 0 aliphatic rings. The molecule has 0 amide bonds. The van der Waals surface area contributed by atoms with Crippen molar-refractivity contribution in [1.82, 2.24) is 4.98 Å². The second kappa shape index (κ2) is 4.41. The SMILES string of the molecule is CC(C)(C)c1ccc(C(=O)c2cscn2)cc1. The van der Waals surface area contributed by atoms with Gasteiger partial charge in [-0.1, -0.05) is 45.0 Å². The molecule has 0 saturated carbocycles. The molecule has 0 bridgehead atoms. The molecule has 17 heavy (non-hydrogen) atoms. The molecular formula is C14H15NOS. The fourth-order valence-electron chi connectivity index (χ4n) is 1.59. The van der Waals surface area contributed by atoms with Crippen LogP contribution >= 0.6 is 11.3 Å². The number of nitrogens with zero attached hydrogens (tertiary/aromatic N) is 1. The van der Waals surface area contributed by atoms with Gasteiger partial charge in [0.15, 0.2) is 0 Å². The third kappa shape index (κ3) is 2.61. The van der Waals surface area contributed by atoms with Gasteiger partial charge in [-0.2, -0.15) is 0 Å². The second-order valence-corrected chi connectivity index (χ2v) is 5.75. The summed E-state index contributed by atoms with van der Waals surface area (Å²) in [5, 5.41) is 1.78. The van der Waals surface area contributed by atoms with Crippen LogP contribution < -0.4 is 0 Å². The zero-order valence-corrected chi connectivity index (χ0v) is 11.0. The summed E-state index contributed by atoms with van der Waals surface area (Å²) in [7, 11) is 0. The summed E-state index contributed by atoms with van der Waals surface area (Å²) in [6.07, 6.45) is 0. The van der Waals surface area contributed by atoms with Crippen LogP contribution in [0.15, 0.2) is 35.2 Å². The highest BCUT2D eigenvalue weighted by Crippen LogP contribution is 2.22. The lowest BCUT2D eigenvalue weighted by Crippen LogP contribution is -2.11. The van der Waals surface area contributed by atoms with E-state index in [1.54, 1.807) is 10.9 Å². The molecule has 0 unspecified atom stereocenters. The minimum absolute atomic E-state index is 0.00768. The van der Waals surface area contributed by atoms with Crippen LogP contribution in [0.3, 0.4) is 0 Å². The highest BCUT2D eigenvalue weighted by Gasteiger charge is 2.15. The average molecular weight is 245 g/mol. The van der Waals surface area contributed by atoms with E-state index in [1.807, 2.05) is 24.3 Å². The molecule has 1 aromatic heterocycles. The molecule has 2 nitrogen and oxygen atoms in total. The Morgan fingerprint density at radius 2 is 1.82 bits per heavy atom. The first-order valence-electron chi connectivity index (χ1n) is 5.52. The highest BCUT2D eigenvalue weighted by atomic mass is 32.1. The minimum atomic E-state index is -0.00768. The lowest BCUT2D eigenvalue weighted by Gasteiger charge is -2.18. The molecule has 1 aromatic carbocycles. The number of hydrogen-bond acceptors (Lipinski definition) is 3. The van der Waals surface area contributed by atoms with Crippen LogP contribution in [0.1, 0.15) is 42.4 Å². The van der Waals surface area contributed by atoms with Crippen LogP contribution in [0.5, 0.6) is 0 Å². The monoisotopic (exact) mass is 245 g/mol. The van der Waals surface area contributed by atoms with Crippen molar-refractivity contribution in [1.29, 1.82) is 0 Å². The first-order chi connectivity index (χ1) is 7.98. The van der Waals surface area contributed by atoms with Gasteiger partial charge in [0.05, 0.1) is 5.51 Å². The Morgan fingerprint density at radius 3 is 2.29 bits per heavy atom. The zero-order valence-electron chi connectivity index (χ0n) is 10.2. The van der Waals surface area contributed by atoms with E-state index in [4.69, 9.17) is 0 Å². The van der Waals surface area contributed by atoms with E-state index in [9.17, 15) is 4.79 Å². The normalized spacial score (nSPS) is 11.5. The maximum Gasteiger partial charge on any atom is 0.212 e. The van der Waals surface area contributed by atoms with E-state index >= 15 is 0 Å². The fourth-order valence-corrected chi connectivity index (χ4v) is 2.13. The number of hydrogen-bond donors (Lipinski definition) is 0. The van der Waals surface area contributed by atoms with Gasteiger partial charge in [-0.3, -0.25) is 4.79 Å². The predicted octanol–water partition coefficient (Wildman–Crippen LogP) is 3.67. The molecule has 0 fully saturated rings. The second-order valence-electron chi connectivity index (χ2n) is 5.03. The van der Waals surface area contributed by atoms with Crippen LogP contribution in [0, 0.1) is 0 Å². The Bertz CT molecular complexity index is 506. The quantitative estimate of drug-likeness (QED) is 0.756. The number of benzene rings is 1. The maximum atomic E-state index is 12.0. The topological polar surface area (TPSA) is 30.0 Å². The summed E-state index contributed by atoms with van der Waals surface area (Å²) in [6, 6.07) is 7.78. The van der Waals surface area contributed by atoms with E-state index in [2.05, 4.69) is 25.8 Å². The van der Waals surface area contributed by atoms with E-state index < -0.39 is 0 Å². The van der Waals surface area contributed by atoms with Crippen molar-refractivity contribution in [3.63, 3.8) is 0 Å². The standard InChI is InChI=1S/C14H15NOS/c1-14(2,3)11-6-4-10(5-7-11)13(16)12-8-17-9-15-12/h4-9H,1-3H3. The highest BCUT2D eigenvalue weighted by molar-refractivity contribution is 7.07. The first kappa shape index (κ1) is 12.0. The van der Waals surface area contributed by atoms with Gasteiger partial charge in [0.2, 0.25) is 5.78 Å². The molecule has 0 aliphatic heterocycles. The Balaban J connectivity index is 2.28. The van der Waals surface area contributed by atoms with Crippen molar-refractivity contribution in [3.8, 4) is 0 Å². The molecule has 2 rings (SSSR count). The summed E-state index contributed by atoms with van der Waals surface area (Å²) < 4.78 is 0. The first-order valence-corrected chi connectivity index (χ1v) is 6.46. The molecule has 2 aromatic rings. The van der Waals surface area contributed by atoms with E-state index in [1.165, 1.54) is 16.9 Å². The molecule has 0 N–H and O–H groups in total. The fraction of sp³-hybridized carbons (Fsp3) is 0.286. The maximum absolute atomic E-state index is 12.0. The van der Waals surface area contributed by atoms with Gasteiger partial charge < -0.3 is 0 Å². The zero-order chi connectivity index (χ0) is 12.5. The average Bonchev–Trinajstić information content (AvgIpc) is 2.80. The van der Waals surface area contributed by atoms with Crippen LogP contribution in [0.4, 0.5) is 0 Å². The van der Waals surface area contributed by atoms with E-state index in [-0.39, 0.29) is 11.2 Å². The van der Waals surface area contributed by atoms with Crippen LogP contribution in [-0.2, 0) is 5.41 Å². The van der Waals surface area contributed by atoms with Gasteiger partial charge in [0, 0.05) is 10.9 Å². The summed E-state index contributed by atoms with van der Waals surface area (Å²) in [5.41, 5.74) is 4.24. The predicted molar refractivity (Wildman–Crippen MR) is 70.7 cm³/mol. The number of rotatable bonds is 2. The van der Waals surface area contributed by atoms with Crippen molar-refractivity contribution < 1.29 is 4.79 Å². The van der Waals surface area contributed by atoms with Gasteiger partial charge in [-0.25, -0.2) is 4.98 Å². The molecule has 0 aliphatic carbocycles. The van der Waals surface area contributed by atoms with Gasteiger partial charge in [0.1, 0.15) is 5.69 Å². The molecule has 0 saturated heterocycles. The third-order valence-electron chi connectivity index (χ3n) is 2.68. The number of ketones is 1. The summed E-state index contributed by atoms with van der Waals surface area (Å²) >= 11 is 1.44. The smallest absolute Gasteiger partial charge is 0.212 e. The molecule has 88 valence electrons. The number of aromatic nitrogens is 1. The van der Waals surface area contributed by atoms with Crippen molar-refractivity contribution >= 4 is 17.1 Å². The van der Waals surface area contributed by atoms with Gasteiger partial charge in [-0.15, -0.1) is 11.3 Å². The Morgan fingerprint density at radius 1 is 1.18 bits per heavy atom. The minimum Gasteiger partial charge on any atom is -0.287 e. The molecule has 0 radical (unpaired) electrons.